The molecule has 1 heterocycles. The van der Waals surface area contributed by atoms with Crippen molar-refractivity contribution >= 4 is 24.9 Å². The maximum Gasteiger partial charge on any atom is 0.452 e. The number of aromatic carboxylic acids is 1. The van der Waals surface area contributed by atoms with Gasteiger partial charge in [0.15, 0.2) is 0 Å². The second kappa shape index (κ2) is 11.3. The third-order valence-electron chi connectivity index (χ3n) is 5.59. The highest BCUT2D eigenvalue weighted by Gasteiger charge is 2.33. The summed E-state index contributed by atoms with van der Waals surface area (Å²) >= 11 is 0. The van der Waals surface area contributed by atoms with E-state index in [2.05, 4.69) is 5.32 Å². The van der Waals surface area contributed by atoms with Crippen LogP contribution in [0.25, 0.3) is 0 Å². The molecule has 182 valence electrons. The Hall–Kier alpha value is -2.83. The Balaban J connectivity index is 1.93. The molecule has 0 unspecified atom stereocenters. The minimum Gasteiger partial charge on any atom is -0.507 e. The molecule has 12 heteroatoms. The molecule has 2 rings (SSSR count). The monoisotopic (exact) mass is 465 g/mol. The Morgan fingerprint density at radius 2 is 1.88 bits per heavy atom. The molecule has 0 spiro atoms. The van der Waals surface area contributed by atoms with Crippen molar-refractivity contribution < 1.29 is 39.4 Å². The summed E-state index contributed by atoms with van der Waals surface area (Å²) in [6, 6.07) is 2.97. The van der Waals surface area contributed by atoms with E-state index in [4.69, 9.17) is 14.8 Å². The van der Waals surface area contributed by atoms with Crippen molar-refractivity contribution in [3.05, 3.63) is 23.3 Å². The van der Waals surface area contributed by atoms with Gasteiger partial charge in [-0.3, -0.25) is 14.5 Å². The topological polar surface area (TPSA) is 160 Å². The fourth-order valence-electron chi connectivity index (χ4n) is 3.63. The van der Waals surface area contributed by atoms with Crippen LogP contribution in [0.3, 0.4) is 0 Å². The normalized spacial score (nSPS) is 15.8. The Bertz CT molecular complexity index is 873. The van der Waals surface area contributed by atoms with Crippen LogP contribution in [0.1, 0.15) is 35.7 Å². The number of rotatable bonds is 11. The van der Waals surface area contributed by atoms with Gasteiger partial charge >= 0.3 is 13.1 Å². The predicted octanol–water partition coefficient (Wildman–Crippen LogP) is -0.430. The molecule has 0 saturated carbocycles. The number of benzene rings is 1. The van der Waals surface area contributed by atoms with Gasteiger partial charge in [0.25, 0.3) is 0 Å². The van der Waals surface area contributed by atoms with E-state index in [1.54, 1.807) is 27.9 Å². The summed E-state index contributed by atoms with van der Waals surface area (Å²) < 4.78 is 5.79. The van der Waals surface area contributed by atoms with Gasteiger partial charge in [0.2, 0.25) is 11.8 Å². The van der Waals surface area contributed by atoms with Crippen LogP contribution in [0.2, 0.25) is 6.32 Å². The van der Waals surface area contributed by atoms with Gasteiger partial charge in [-0.1, -0.05) is 19.9 Å². The van der Waals surface area contributed by atoms with Crippen LogP contribution in [-0.2, 0) is 9.59 Å². The molecule has 1 aliphatic rings. The van der Waals surface area contributed by atoms with Crippen molar-refractivity contribution in [1.82, 2.24) is 15.1 Å². The third kappa shape index (κ3) is 7.08. The Labute approximate surface area is 193 Å². The zero-order valence-corrected chi connectivity index (χ0v) is 19.3. The summed E-state index contributed by atoms with van der Waals surface area (Å²) in [6.07, 6.45) is -0.366. The number of nitrogens with one attached hydrogen (secondary N) is 1. The molecule has 2 amide bonds. The Morgan fingerprint density at radius 3 is 2.42 bits per heavy atom. The molecule has 1 aromatic rings. The van der Waals surface area contributed by atoms with Crippen LogP contribution in [0, 0.1) is 5.92 Å². The fraction of sp³-hybridized carbons (Fsp3) is 0.571. The molecule has 33 heavy (non-hydrogen) atoms. The van der Waals surface area contributed by atoms with Crippen LogP contribution >= 0.6 is 0 Å². The molecule has 1 aliphatic heterocycles. The average molecular weight is 465 g/mol. The Morgan fingerprint density at radius 1 is 1.24 bits per heavy atom. The molecule has 2 atom stereocenters. The van der Waals surface area contributed by atoms with E-state index in [0.717, 1.165) is 0 Å². The van der Waals surface area contributed by atoms with Crippen molar-refractivity contribution in [1.29, 1.82) is 0 Å². The molecule has 1 fully saturated rings. The van der Waals surface area contributed by atoms with E-state index >= 15 is 0 Å². The molecule has 0 aliphatic carbocycles. The predicted molar refractivity (Wildman–Crippen MR) is 120 cm³/mol. The number of carbonyl (C=O) groups excluding carboxylic acids is 2. The SMILES string of the molecule is C[C@@H](CN1CC(Oc2ccc([C@@H](C)CB(O)O)c(O)c2C(=O)O)C1)C(=O)NCC(=O)N(C)C. The second-order valence-electron chi connectivity index (χ2n) is 8.66. The highest BCUT2D eigenvalue weighted by molar-refractivity contribution is 6.41. The molecule has 1 saturated heterocycles. The molecule has 5 N–H and O–H groups in total. The number of carboxylic acids is 1. The molecule has 0 radical (unpaired) electrons. The van der Waals surface area contributed by atoms with Crippen LogP contribution in [0.4, 0.5) is 0 Å². The summed E-state index contributed by atoms with van der Waals surface area (Å²) in [5.74, 6) is -3.03. The number of likely N-dealkylation sites (tertiary alicyclic amines) is 1. The van der Waals surface area contributed by atoms with E-state index < -0.39 is 24.8 Å². The first-order valence-corrected chi connectivity index (χ1v) is 10.7. The second-order valence-corrected chi connectivity index (χ2v) is 8.66. The number of aromatic hydroxyl groups is 1. The molecule has 0 aromatic heterocycles. The number of hydrogen-bond donors (Lipinski definition) is 5. The minimum atomic E-state index is -1.58. The first-order valence-electron chi connectivity index (χ1n) is 10.7. The smallest absolute Gasteiger partial charge is 0.452 e. The first kappa shape index (κ1) is 26.4. The van der Waals surface area contributed by atoms with Crippen molar-refractivity contribution in [3.8, 4) is 11.5 Å². The number of amides is 2. The average Bonchev–Trinajstić information content (AvgIpc) is 2.68. The van der Waals surface area contributed by atoms with Crippen LogP contribution < -0.4 is 10.1 Å². The number of phenols is 1. The lowest BCUT2D eigenvalue weighted by Crippen LogP contribution is -2.56. The number of carboxylic acid groups (broad SMARTS) is 1. The first-order chi connectivity index (χ1) is 15.4. The lowest BCUT2D eigenvalue weighted by molar-refractivity contribution is -0.132. The van der Waals surface area contributed by atoms with Gasteiger partial charge in [-0.15, -0.1) is 0 Å². The lowest BCUT2D eigenvalue weighted by atomic mass is 9.76. The van der Waals surface area contributed by atoms with Gasteiger partial charge in [0.1, 0.15) is 23.2 Å². The van der Waals surface area contributed by atoms with Gasteiger partial charge in [-0.2, -0.15) is 0 Å². The zero-order valence-electron chi connectivity index (χ0n) is 19.3. The maximum absolute atomic E-state index is 12.2. The van der Waals surface area contributed by atoms with E-state index in [0.29, 0.717) is 19.6 Å². The van der Waals surface area contributed by atoms with E-state index in [-0.39, 0.29) is 53.6 Å². The quantitative estimate of drug-likeness (QED) is 0.273. The van der Waals surface area contributed by atoms with Crippen LogP contribution in [0.5, 0.6) is 11.5 Å². The van der Waals surface area contributed by atoms with E-state index in [1.807, 2.05) is 4.90 Å². The molecule has 11 nitrogen and oxygen atoms in total. The Kier molecular flexibility index (Phi) is 9.09. The largest absolute Gasteiger partial charge is 0.507 e. The number of nitrogens with zero attached hydrogens (tertiary/aromatic N) is 2. The number of ether oxygens (including phenoxy) is 1. The third-order valence-corrected chi connectivity index (χ3v) is 5.59. The van der Waals surface area contributed by atoms with Crippen LogP contribution in [-0.4, -0.2) is 101 Å². The number of carbonyl (C=O) groups is 3. The maximum atomic E-state index is 12.2. The molecular weight excluding hydrogens is 433 g/mol. The van der Waals surface area contributed by atoms with Crippen molar-refractivity contribution in [2.75, 3.05) is 40.3 Å². The summed E-state index contributed by atoms with van der Waals surface area (Å²) in [6.45, 7) is 4.76. The summed E-state index contributed by atoms with van der Waals surface area (Å²) in [5, 5.41) is 41.0. The highest BCUT2D eigenvalue weighted by atomic mass is 16.5. The van der Waals surface area contributed by atoms with Gasteiger partial charge in [-0.05, 0) is 23.9 Å². The summed E-state index contributed by atoms with van der Waals surface area (Å²) in [7, 11) is 1.64. The molecular formula is C21H32BN3O8. The summed E-state index contributed by atoms with van der Waals surface area (Å²) in [5.41, 5.74) is -0.0841. The van der Waals surface area contributed by atoms with Crippen molar-refractivity contribution in [3.63, 3.8) is 0 Å². The van der Waals surface area contributed by atoms with Crippen LogP contribution in [0.15, 0.2) is 12.1 Å². The van der Waals surface area contributed by atoms with Gasteiger partial charge < -0.3 is 35.2 Å². The zero-order chi connectivity index (χ0) is 24.9. The van der Waals surface area contributed by atoms with E-state index in [9.17, 15) is 24.6 Å². The van der Waals surface area contributed by atoms with Gasteiger partial charge in [0, 0.05) is 39.6 Å². The fourth-order valence-corrected chi connectivity index (χ4v) is 3.63. The van der Waals surface area contributed by atoms with E-state index in [1.165, 1.54) is 17.0 Å². The highest BCUT2D eigenvalue weighted by Crippen LogP contribution is 2.37. The lowest BCUT2D eigenvalue weighted by Gasteiger charge is -2.40. The van der Waals surface area contributed by atoms with Crippen molar-refractivity contribution in [2.24, 2.45) is 5.92 Å². The number of likely N-dealkylation sites (N-methyl/N-ethyl adjacent to an activating group) is 1. The summed E-state index contributed by atoms with van der Waals surface area (Å²) in [4.78, 5) is 38.9. The van der Waals surface area contributed by atoms with Gasteiger partial charge in [0.05, 0.1) is 6.54 Å². The minimum absolute atomic E-state index is 0.0261. The molecule has 1 aromatic carbocycles. The standard InChI is InChI=1S/C21H32BN3O8/c1-12(7-22(31)32)15-5-6-16(18(19(15)27)21(29)30)33-14-10-25(11-14)9-13(2)20(28)23-8-17(26)24(3)4/h5-6,12-14,27,31-32H,7-11H2,1-4H3,(H,23,28)(H,29,30)/t12-,13-/m0/s1. The molecule has 0 bridgehead atoms. The van der Waals surface area contributed by atoms with Crippen molar-refractivity contribution in [2.45, 2.75) is 32.2 Å². The number of hydrogen-bond acceptors (Lipinski definition) is 8. The van der Waals surface area contributed by atoms with Gasteiger partial charge in [-0.25, -0.2) is 4.79 Å².